The van der Waals surface area contributed by atoms with Crippen LogP contribution in [-0.2, 0) is 10.0 Å². The van der Waals surface area contributed by atoms with Crippen molar-refractivity contribution in [1.82, 2.24) is 4.72 Å². The lowest BCUT2D eigenvalue weighted by Gasteiger charge is -2.24. The molecule has 3 nitrogen and oxygen atoms in total. The van der Waals surface area contributed by atoms with Crippen molar-refractivity contribution in [2.45, 2.75) is 42.4 Å². The van der Waals surface area contributed by atoms with Crippen LogP contribution in [0.1, 0.15) is 32.6 Å². The summed E-state index contributed by atoms with van der Waals surface area (Å²) in [4.78, 5) is 0. The fourth-order valence-corrected chi connectivity index (χ4v) is 5.90. The van der Waals surface area contributed by atoms with Crippen molar-refractivity contribution >= 4 is 37.3 Å². The van der Waals surface area contributed by atoms with E-state index in [1.54, 1.807) is 11.4 Å². The van der Waals surface area contributed by atoms with E-state index in [4.69, 9.17) is 0 Å². The standard InChI is InChI=1S/C10H14BrNO2S2/c1-10(5-2-3-6-10)12-16(13,14)9-8(11)4-7-15-9/h4,7,12H,2-3,5-6H2,1H3. The molecule has 16 heavy (non-hydrogen) atoms. The van der Waals surface area contributed by atoms with Crippen LogP contribution in [0.4, 0.5) is 0 Å². The molecule has 2 rings (SSSR count). The Morgan fingerprint density at radius 3 is 2.56 bits per heavy atom. The van der Waals surface area contributed by atoms with Gasteiger partial charge in [0.1, 0.15) is 4.21 Å². The van der Waals surface area contributed by atoms with Crippen molar-refractivity contribution in [3.05, 3.63) is 15.9 Å². The topological polar surface area (TPSA) is 46.2 Å². The van der Waals surface area contributed by atoms with E-state index in [9.17, 15) is 8.42 Å². The van der Waals surface area contributed by atoms with E-state index in [1.807, 2.05) is 6.92 Å². The van der Waals surface area contributed by atoms with Gasteiger partial charge in [0.05, 0.1) is 0 Å². The Kier molecular flexibility index (Phi) is 3.45. The number of hydrogen-bond donors (Lipinski definition) is 1. The first-order valence-electron chi connectivity index (χ1n) is 5.20. The third kappa shape index (κ3) is 2.50. The van der Waals surface area contributed by atoms with Crippen LogP contribution >= 0.6 is 27.3 Å². The van der Waals surface area contributed by atoms with E-state index in [1.165, 1.54) is 11.3 Å². The highest BCUT2D eigenvalue weighted by Gasteiger charge is 2.34. The lowest BCUT2D eigenvalue weighted by molar-refractivity contribution is 0.428. The fourth-order valence-electron chi connectivity index (χ4n) is 2.10. The summed E-state index contributed by atoms with van der Waals surface area (Å²) in [6, 6.07) is 1.76. The predicted molar refractivity (Wildman–Crippen MR) is 69.2 cm³/mol. The van der Waals surface area contributed by atoms with E-state index >= 15 is 0 Å². The van der Waals surface area contributed by atoms with Crippen LogP contribution in [0.15, 0.2) is 20.1 Å². The van der Waals surface area contributed by atoms with Crippen molar-refractivity contribution in [1.29, 1.82) is 0 Å². The average molecular weight is 324 g/mol. The molecular formula is C10H14BrNO2S2. The molecule has 0 atom stereocenters. The fraction of sp³-hybridized carbons (Fsp3) is 0.600. The summed E-state index contributed by atoms with van der Waals surface area (Å²) < 4.78 is 28.1. The Hall–Kier alpha value is 0.0900. The van der Waals surface area contributed by atoms with Gasteiger partial charge >= 0.3 is 0 Å². The molecule has 1 aliphatic carbocycles. The maximum absolute atomic E-state index is 12.1. The lowest BCUT2D eigenvalue weighted by atomic mass is 10.0. The van der Waals surface area contributed by atoms with Crippen LogP contribution in [0, 0.1) is 0 Å². The molecule has 1 aromatic rings. The Morgan fingerprint density at radius 1 is 1.44 bits per heavy atom. The smallest absolute Gasteiger partial charge is 0.206 e. The monoisotopic (exact) mass is 323 g/mol. The SMILES string of the molecule is CC1(NS(=O)(=O)c2sccc2Br)CCCC1. The number of hydrogen-bond acceptors (Lipinski definition) is 3. The van der Waals surface area contributed by atoms with Gasteiger partial charge in [-0.15, -0.1) is 11.3 Å². The lowest BCUT2D eigenvalue weighted by Crippen LogP contribution is -2.43. The molecule has 0 unspecified atom stereocenters. The molecule has 90 valence electrons. The van der Waals surface area contributed by atoms with Crippen LogP contribution in [-0.4, -0.2) is 14.0 Å². The summed E-state index contributed by atoms with van der Waals surface area (Å²) in [7, 11) is -3.37. The molecule has 0 amide bonds. The maximum atomic E-state index is 12.1. The van der Waals surface area contributed by atoms with Gasteiger partial charge in [-0.05, 0) is 47.1 Å². The predicted octanol–water partition coefficient (Wildman–Crippen LogP) is 3.12. The first-order chi connectivity index (χ1) is 7.43. The summed E-state index contributed by atoms with van der Waals surface area (Å²) >= 11 is 4.50. The van der Waals surface area contributed by atoms with E-state index in [0.29, 0.717) is 8.68 Å². The summed E-state index contributed by atoms with van der Waals surface area (Å²) in [5.74, 6) is 0. The minimum absolute atomic E-state index is 0.262. The second-order valence-electron chi connectivity index (χ2n) is 4.43. The van der Waals surface area contributed by atoms with E-state index in [-0.39, 0.29) is 5.54 Å². The van der Waals surface area contributed by atoms with Gasteiger partial charge in [0.25, 0.3) is 10.0 Å². The normalized spacial score (nSPS) is 20.1. The number of halogens is 1. The molecule has 0 spiro atoms. The molecule has 1 saturated carbocycles. The van der Waals surface area contributed by atoms with E-state index in [2.05, 4.69) is 20.7 Å². The van der Waals surface area contributed by atoms with Crippen molar-refractivity contribution < 1.29 is 8.42 Å². The number of rotatable bonds is 3. The summed E-state index contributed by atoms with van der Waals surface area (Å²) in [5, 5.41) is 1.77. The molecular weight excluding hydrogens is 310 g/mol. The van der Waals surface area contributed by atoms with Crippen LogP contribution in [0.5, 0.6) is 0 Å². The van der Waals surface area contributed by atoms with Gasteiger partial charge in [-0.2, -0.15) is 0 Å². The van der Waals surface area contributed by atoms with Gasteiger partial charge in [-0.1, -0.05) is 12.8 Å². The Labute approximate surface area is 108 Å². The molecule has 1 aromatic heterocycles. The van der Waals surface area contributed by atoms with Crippen LogP contribution in [0.2, 0.25) is 0 Å². The highest BCUT2D eigenvalue weighted by molar-refractivity contribution is 9.10. The van der Waals surface area contributed by atoms with Gasteiger partial charge in [0, 0.05) is 10.0 Å². The van der Waals surface area contributed by atoms with Gasteiger partial charge in [0.2, 0.25) is 0 Å². The quantitative estimate of drug-likeness (QED) is 0.928. The maximum Gasteiger partial charge on any atom is 0.251 e. The zero-order chi connectivity index (χ0) is 11.8. The molecule has 0 saturated heterocycles. The first kappa shape index (κ1) is 12.5. The third-order valence-corrected chi connectivity index (χ3v) is 7.22. The number of nitrogens with one attached hydrogen (secondary N) is 1. The molecule has 1 N–H and O–H groups in total. The van der Waals surface area contributed by atoms with Crippen molar-refractivity contribution in [2.75, 3.05) is 0 Å². The van der Waals surface area contributed by atoms with Crippen LogP contribution in [0.25, 0.3) is 0 Å². The summed E-state index contributed by atoms with van der Waals surface area (Å²) in [6.45, 7) is 1.99. The van der Waals surface area contributed by atoms with Gasteiger partial charge in [-0.3, -0.25) is 0 Å². The Bertz CT molecular complexity index is 475. The largest absolute Gasteiger partial charge is 0.251 e. The number of sulfonamides is 1. The minimum Gasteiger partial charge on any atom is -0.206 e. The summed E-state index contributed by atoms with van der Waals surface area (Å²) in [5.41, 5.74) is -0.262. The molecule has 1 heterocycles. The van der Waals surface area contributed by atoms with Crippen molar-refractivity contribution in [3.8, 4) is 0 Å². The highest BCUT2D eigenvalue weighted by Crippen LogP contribution is 2.33. The van der Waals surface area contributed by atoms with Gasteiger partial charge in [-0.25, -0.2) is 13.1 Å². The van der Waals surface area contributed by atoms with Crippen molar-refractivity contribution in [2.24, 2.45) is 0 Å². The molecule has 0 bridgehead atoms. The second-order valence-corrected chi connectivity index (χ2v) is 8.08. The van der Waals surface area contributed by atoms with Gasteiger partial charge in [0.15, 0.2) is 0 Å². The number of thiophene rings is 1. The first-order valence-corrected chi connectivity index (χ1v) is 8.36. The summed E-state index contributed by atoms with van der Waals surface area (Å²) in [6.07, 6.45) is 4.06. The van der Waals surface area contributed by atoms with Gasteiger partial charge < -0.3 is 0 Å². The Morgan fingerprint density at radius 2 is 2.06 bits per heavy atom. The van der Waals surface area contributed by atoms with Crippen LogP contribution in [0.3, 0.4) is 0 Å². The molecule has 0 aliphatic heterocycles. The minimum atomic E-state index is -3.37. The molecule has 6 heteroatoms. The van der Waals surface area contributed by atoms with Crippen molar-refractivity contribution in [3.63, 3.8) is 0 Å². The van der Waals surface area contributed by atoms with E-state index < -0.39 is 10.0 Å². The van der Waals surface area contributed by atoms with E-state index in [0.717, 1.165) is 25.7 Å². The van der Waals surface area contributed by atoms with Crippen LogP contribution < -0.4 is 4.72 Å². The third-order valence-electron chi connectivity index (χ3n) is 2.92. The zero-order valence-corrected chi connectivity index (χ0v) is 12.2. The average Bonchev–Trinajstić information content (AvgIpc) is 2.73. The second kappa shape index (κ2) is 4.40. The zero-order valence-electron chi connectivity index (χ0n) is 8.99. The molecule has 0 radical (unpaired) electrons. The molecule has 0 aromatic carbocycles. The highest BCUT2D eigenvalue weighted by atomic mass is 79.9. The Balaban J connectivity index is 2.24. The molecule has 1 aliphatic rings. The molecule has 1 fully saturated rings.